The number of aryl methyl sites for hydroxylation is 1. The molecule has 0 aliphatic heterocycles. The van der Waals surface area contributed by atoms with Gasteiger partial charge in [-0.05, 0) is 53.6 Å². The van der Waals surface area contributed by atoms with Gasteiger partial charge in [0, 0.05) is 6.54 Å². The molecule has 1 saturated carbocycles. The van der Waals surface area contributed by atoms with Crippen LogP contribution in [0.4, 0.5) is 0 Å². The molecule has 0 amide bonds. The number of hydrogen-bond donors (Lipinski definition) is 1. The van der Waals surface area contributed by atoms with E-state index in [1.165, 1.54) is 18.5 Å². The zero-order valence-electron chi connectivity index (χ0n) is 11.6. The Balaban J connectivity index is 2.25. The fourth-order valence-corrected chi connectivity index (χ4v) is 3.26. The number of hydrogen-bond acceptors (Lipinski definition) is 2. The van der Waals surface area contributed by atoms with Gasteiger partial charge in [0.15, 0.2) is 0 Å². The summed E-state index contributed by atoms with van der Waals surface area (Å²) >= 11 is 3.67. The zero-order valence-corrected chi connectivity index (χ0v) is 13.2. The predicted molar refractivity (Wildman–Crippen MR) is 78.5 cm³/mol. The van der Waals surface area contributed by atoms with Crippen LogP contribution in [0.3, 0.4) is 0 Å². The predicted octanol–water partition coefficient (Wildman–Crippen LogP) is 3.75. The van der Waals surface area contributed by atoms with Crippen LogP contribution in [0.25, 0.3) is 0 Å². The van der Waals surface area contributed by atoms with Crippen LogP contribution in [-0.4, -0.2) is 16.3 Å². The number of rotatable bonds is 7. The molecule has 1 aliphatic rings. The lowest BCUT2D eigenvalue weighted by atomic mass is 9.94. The van der Waals surface area contributed by atoms with Gasteiger partial charge in [-0.3, -0.25) is 4.68 Å². The zero-order chi connectivity index (χ0) is 13.1. The van der Waals surface area contributed by atoms with Crippen LogP contribution in [0, 0.1) is 11.8 Å². The second-order valence-electron chi connectivity index (χ2n) is 5.33. The Morgan fingerprint density at radius 3 is 2.78 bits per heavy atom. The Kier molecular flexibility index (Phi) is 4.84. The minimum absolute atomic E-state index is 0.422. The first kappa shape index (κ1) is 14.1. The number of aromatic nitrogens is 2. The molecule has 1 fully saturated rings. The third kappa shape index (κ3) is 2.97. The van der Waals surface area contributed by atoms with Crippen molar-refractivity contribution in [3.05, 3.63) is 16.4 Å². The van der Waals surface area contributed by atoms with E-state index in [0.717, 1.165) is 29.9 Å². The van der Waals surface area contributed by atoms with Crippen molar-refractivity contribution in [3.63, 3.8) is 0 Å². The molecule has 0 aromatic carbocycles. The first-order valence-corrected chi connectivity index (χ1v) is 7.92. The van der Waals surface area contributed by atoms with E-state index in [2.05, 4.69) is 51.8 Å². The van der Waals surface area contributed by atoms with Crippen molar-refractivity contribution < 1.29 is 0 Å². The fraction of sp³-hybridized carbons (Fsp3) is 0.786. The fourth-order valence-electron chi connectivity index (χ4n) is 2.72. The molecule has 102 valence electrons. The third-order valence-electron chi connectivity index (χ3n) is 3.88. The lowest BCUT2D eigenvalue weighted by molar-refractivity contribution is 0.332. The summed E-state index contributed by atoms with van der Waals surface area (Å²) in [6.45, 7) is 8.76. The van der Waals surface area contributed by atoms with Gasteiger partial charge >= 0.3 is 0 Å². The van der Waals surface area contributed by atoms with Crippen LogP contribution in [0.1, 0.15) is 51.8 Å². The smallest absolute Gasteiger partial charge is 0.0698 e. The highest BCUT2D eigenvalue weighted by atomic mass is 79.9. The second-order valence-corrected chi connectivity index (χ2v) is 6.19. The molecule has 1 heterocycles. The minimum Gasteiger partial charge on any atom is -0.309 e. The first-order chi connectivity index (χ1) is 8.69. The summed E-state index contributed by atoms with van der Waals surface area (Å²) in [5, 5.41) is 8.16. The molecule has 18 heavy (non-hydrogen) atoms. The maximum Gasteiger partial charge on any atom is 0.0698 e. The molecule has 1 aliphatic carbocycles. The molecule has 0 saturated heterocycles. The van der Waals surface area contributed by atoms with E-state index in [4.69, 9.17) is 0 Å². The normalized spacial score (nSPS) is 18.9. The van der Waals surface area contributed by atoms with E-state index in [0.29, 0.717) is 12.0 Å². The van der Waals surface area contributed by atoms with Crippen molar-refractivity contribution in [3.8, 4) is 0 Å². The number of nitrogens with zero attached hydrogens (tertiary/aromatic N) is 2. The molecule has 2 atom stereocenters. The molecular formula is C14H24BrN3. The summed E-state index contributed by atoms with van der Waals surface area (Å²) < 4.78 is 3.31. The van der Waals surface area contributed by atoms with Crippen LogP contribution in [0.5, 0.6) is 0 Å². The van der Waals surface area contributed by atoms with Crippen molar-refractivity contribution in [2.45, 2.75) is 52.6 Å². The summed E-state index contributed by atoms with van der Waals surface area (Å²) in [4.78, 5) is 0. The maximum absolute atomic E-state index is 4.50. The van der Waals surface area contributed by atoms with Gasteiger partial charge in [-0.25, -0.2) is 0 Å². The Morgan fingerprint density at radius 1 is 1.50 bits per heavy atom. The van der Waals surface area contributed by atoms with E-state index in [1.807, 2.05) is 6.20 Å². The van der Waals surface area contributed by atoms with Gasteiger partial charge in [-0.2, -0.15) is 5.10 Å². The molecule has 1 N–H and O–H groups in total. The maximum atomic E-state index is 4.50. The average molecular weight is 314 g/mol. The minimum atomic E-state index is 0.422. The summed E-state index contributed by atoms with van der Waals surface area (Å²) in [7, 11) is 0. The lowest BCUT2D eigenvalue weighted by Gasteiger charge is -2.26. The highest BCUT2D eigenvalue weighted by molar-refractivity contribution is 9.10. The SMILES string of the molecule is CCCn1ncc(Br)c1C(NCC)C(C)C1CC1. The molecule has 3 nitrogen and oxygen atoms in total. The average Bonchev–Trinajstić information content (AvgIpc) is 3.13. The number of halogens is 1. The van der Waals surface area contributed by atoms with Crippen LogP contribution in [0.2, 0.25) is 0 Å². The molecule has 0 bridgehead atoms. The largest absolute Gasteiger partial charge is 0.309 e. The molecular weight excluding hydrogens is 290 g/mol. The third-order valence-corrected chi connectivity index (χ3v) is 4.49. The van der Waals surface area contributed by atoms with E-state index in [9.17, 15) is 0 Å². The Labute approximate surface area is 118 Å². The van der Waals surface area contributed by atoms with Gasteiger partial charge in [0.25, 0.3) is 0 Å². The molecule has 1 aromatic heterocycles. The van der Waals surface area contributed by atoms with Crippen LogP contribution < -0.4 is 5.32 Å². The van der Waals surface area contributed by atoms with Crippen LogP contribution >= 0.6 is 15.9 Å². The van der Waals surface area contributed by atoms with Crippen molar-refractivity contribution >= 4 is 15.9 Å². The van der Waals surface area contributed by atoms with E-state index in [-0.39, 0.29) is 0 Å². The molecule has 1 aromatic rings. The Hall–Kier alpha value is -0.350. The molecule has 0 radical (unpaired) electrons. The molecule has 2 rings (SSSR count). The topological polar surface area (TPSA) is 29.9 Å². The van der Waals surface area contributed by atoms with Crippen molar-refractivity contribution in [2.24, 2.45) is 11.8 Å². The van der Waals surface area contributed by atoms with Crippen LogP contribution in [0.15, 0.2) is 10.7 Å². The summed E-state index contributed by atoms with van der Waals surface area (Å²) in [6, 6.07) is 0.422. The van der Waals surface area contributed by atoms with Gasteiger partial charge in [0.2, 0.25) is 0 Å². The second kappa shape index (κ2) is 6.20. The van der Waals surface area contributed by atoms with E-state index in [1.54, 1.807) is 0 Å². The van der Waals surface area contributed by atoms with Gasteiger partial charge in [-0.1, -0.05) is 20.8 Å². The Bertz CT molecular complexity index is 384. The van der Waals surface area contributed by atoms with Gasteiger partial charge < -0.3 is 5.32 Å². The van der Waals surface area contributed by atoms with Crippen molar-refractivity contribution in [2.75, 3.05) is 6.54 Å². The lowest BCUT2D eigenvalue weighted by Crippen LogP contribution is -2.30. The van der Waals surface area contributed by atoms with E-state index < -0.39 is 0 Å². The highest BCUT2D eigenvalue weighted by Gasteiger charge is 2.35. The monoisotopic (exact) mass is 313 g/mol. The standard InChI is InChI=1S/C14H24BrN3/c1-4-8-18-14(12(15)9-17-18)13(16-5-2)10(3)11-6-7-11/h9-11,13,16H,4-8H2,1-3H3. The van der Waals surface area contributed by atoms with Gasteiger partial charge in [0.05, 0.1) is 22.4 Å². The van der Waals surface area contributed by atoms with Crippen LogP contribution in [-0.2, 0) is 6.54 Å². The highest BCUT2D eigenvalue weighted by Crippen LogP contribution is 2.43. The summed E-state index contributed by atoms with van der Waals surface area (Å²) in [5.74, 6) is 1.58. The van der Waals surface area contributed by atoms with Crippen molar-refractivity contribution in [1.82, 2.24) is 15.1 Å². The van der Waals surface area contributed by atoms with Gasteiger partial charge in [-0.15, -0.1) is 0 Å². The van der Waals surface area contributed by atoms with Crippen molar-refractivity contribution in [1.29, 1.82) is 0 Å². The quantitative estimate of drug-likeness (QED) is 0.830. The summed E-state index contributed by atoms with van der Waals surface area (Å²) in [6.07, 6.45) is 5.85. The van der Waals surface area contributed by atoms with E-state index >= 15 is 0 Å². The molecule has 2 unspecified atom stereocenters. The Morgan fingerprint density at radius 2 is 2.22 bits per heavy atom. The molecule has 4 heteroatoms. The summed E-state index contributed by atoms with van der Waals surface area (Å²) in [5.41, 5.74) is 1.33. The molecule has 0 spiro atoms. The van der Waals surface area contributed by atoms with Gasteiger partial charge in [0.1, 0.15) is 0 Å². The first-order valence-electron chi connectivity index (χ1n) is 7.13. The number of nitrogens with one attached hydrogen (secondary N) is 1.